The fraction of sp³-hybridized carbons (Fsp3) is 0.294. The number of nitrogens with two attached hydrogens (primary N) is 1. The molecule has 1 unspecified atom stereocenters. The van der Waals surface area contributed by atoms with Crippen molar-refractivity contribution in [3.63, 3.8) is 0 Å². The molecular weight excluding hydrogens is 234 g/mol. The molecule has 0 bridgehead atoms. The summed E-state index contributed by atoms with van der Waals surface area (Å²) in [5, 5.41) is 0. The van der Waals surface area contributed by atoms with Crippen LogP contribution in [0.1, 0.15) is 37.8 Å². The Hall–Kier alpha value is -1.80. The monoisotopic (exact) mass is 255 g/mol. The van der Waals surface area contributed by atoms with Gasteiger partial charge in [0.05, 0.1) is 0 Å². The van der Waals surface area contributed by atoms with E-state index in [1.54, 1.807) is 0 Å². The van der Waals surface area contributed by atoms with Crippen LogP contribution in [0.4, 0.5) is 0 Å². The van der Waals surface area contributed by atoms with E-state index < -0.39 is 0 Å². The van der Waals surface area contributed by atoms with E-state index in [-0.39, 0.29) is 6.04 Å². The van der Waals surface area contributed by atoms with Gasteiger partial charge in [-0.05, 0) is 36.2 Å². The highest BCUT2D eigenvalue weighted by atomic mass is 16.5. The van der Waals surface area contributed by atoms with E-state index >= 15 is 0 Å². The lowest BCUT2D eigenvalue weighted by atomic mass is 10.0. The second-order valence-corrected chi connectivity index (χ2v) is 4.73. The maximum atomic E-state index is 6.14. The van der Waals surface area contributed by atoms with Gasteiger partial charge in [0.2, 0.25) is 0 Å². The first-order valence-electron chi connectivity index (χ1n) is 6.88. The molecule has 2 aromatic rings. The van der Waals surface area contributed by atoms with Crippen LogP contribution in [-0.4, -0.2) is 0 Å². The molecule has 2 heteroatoms. The smallest absolute Gasteiger partial charge is 0.127 e. The zero-order valence-electron chi connectivity index (χ0n) is 11.4. The van der Waals surface area contributed by atoms with Crippen molar-refractivity contribution >= 4 is 0 Å². The van der Waals surface area contributed by atoms with Crippen LogP contribution >= 0.6 is 0 Å². The molecule has 1 atom stereocenters. The minimum atomic E-state index is 0.130. The Kier molecular flexibility index (Phi) is 4.99. The topological polar surface area (TPSA) is 35.2 Å². The van der Waals surface area contributed by atoms with Crippen molar-refractivity contribution in [1.82, 2.24) is 0 Å². The molecule has 100 valence electrons. The number of benzene rings is 2. The molecular formula is C17H21NO. The number of hydrogen-bond donors (Lipinski definition) is 1. The lowest BCUT2D eigenvalue weighted by molar-refractivity contribution is 0.482. The van der Waals surface area contributed by atoms with Gasteiger partial charge in [0, 0.05) is 6.04 Å². The van der Waals surface area contributed by atoms with Gasteiger partial charge in [-0.25, -0.2) is 0 Å². The summed E-state index contributed by atoms with van der Waals surface area (Å²) in [6.07, 6.45) is 3.39. The number of ether oxygens (including phenoxy) is 1. The molecule has 0 aliphatic rings. The molecule has 0 radical (unpaired) electrons. The standard InChI is InChI=1S/C17H21NO/c1-2-3-9-17(18)14-10-12-16(13-11-14)19-15-7-5-4-6-8-15/h4-8,10-13,17H,2-3,9,18H2,1H3. The first-order valence-corrected chi connectivity index (χ1v) is 6.88. The van der Waals surface area contributed by atoms with Gasteiger partial charge in [-0.15, -0.1) is 0 Å². The minimum absolute atomic E-state index is 0.130. The van der Waals surface area contributed by atoms with Crippen molar-refractivity contribution in [1.29, 1.82) is 0 Å². The maximum absolute atomic E-state index is 6.14. The van der Waals surface area contributed by atoms with Crippen LogP contribution in [0.15, 0.2) is 54.6 Å². The highest BCUT2D eigenvalue weighted by molar-refractivity contribution is 5.33. The Morgan fingerprint density at radius 3 is 2.21 bits per heavy atom. The van der Waals surface area contributed by atoms with E-state index in [4.69, 9.17) is 10.5 Å². The molecule has 0 saturated heterocycles. The lowest BCUT2D eigenvalue weighted by Gasteiger charge is -2.12. The summed E-state index contributed by atoms with van der Waals surface area (Å²) >= 11 is 0. The van der Waals surface area contributed by atoms with Crippen LogP contribution in [0.2, 0.25) is 0 Å². The lowest BCUT2D eigenvalue weighted by Crippen LogP contribution is -2.09. The molecule has 19 heavy (non-hydrogen) atoms. The van der Waals surface area contributed by atoms with Gasteiger partial charge in [-0.1, -0.05) is 50.1 Å². The average molecular weight is 255 g/mol. The number of hydrogen-bond acceptors (Lipinski definition) is 2. The summed E-state index contributed by atoms with van der Waals surface area (Å²) in [5.41, 5.74) is 7.32. The quantitative estimate of drug-likeness (QED) is 0.814. The number of rotatable bonds is 6. The molecule has 0 aliphatic heterocycles. The SMILES string of the molecule is CCCCC(N)c1ccc(Oc2ccccc2)cc1. The zero-order chi connectivity index (χ0) is 13.5. The van der Waals surface area contributed by atoms with E-state index in [1.165, 1.54) is 18.4 Å². The van der Waals surface area contributed by atoms with Crippen molar-refractivity contribution in [2.24, 2.45) is 5.73 Å². The van der Waals surface area contributed by atoms with Crippen molar-refractivity contribution in [3.8, 4) is 11.5 Å². The minimum Gasteiger partial charge on any atom is -0.457 e. The molecule has 0 fully saturated rings. The Bertz CT molecular complexity index is 478. The predicted octanol–water partition coefficient (Wildman–Crippen LogP) is 4.67. The molecule has 0 saturated carbocycles. The van der Waals surface area contributed by atoms with Crippen LogP contribution in [0.25, 0.3) is 0 Å². The average Bonchev–Trinajstić information content (AvgIpc) is 2.46. The Balaban J connectivity index is 1.98. The van der Waals surface area contributed by atoms with Crippen LogP contribution < -0.4 is 10.5 Å². The second kappa shape index (κ2) is 6.95. The molecule has 0 amide bonds. The first-order chi connectivity index (χ1) is 9.29. The highest BCUT2D eigenvalue weighted by Gasteiger charge is 2.05. The molecule has 0 heterocycles. The fourth-order valence-electron chi connectivity index (χ4n) is 2.00. The van der Waals surface area contributed by atoms with Crippen molar-refractivity contribution in [2.75, 3.05) is 0 Å². The molecule has 0 aromatic heterocycles. The summed E-state index contributed by atoms with van der Waals surface area (Å²) in [7, 11) is 0. The maximum Gasteiger partial charge on any atom is 0.127 e. The van der Waals surface area contributed by atoms with Gasteiger partial charge < -0.3 is 10.5 Å². The second-order valence-electron chi connectivity index (χ2n) is 4.73. The molecule has 0 spiro atoms. The number of unbranched alkanes of at least 4 members (excludes halogenated alkanes) is 1. The summed E-state index contributed by atoms with van der Waals surface area (Å²) < 4.78 is 5.75. The highest BCUT2D eigenvalue weighted by Crippen LogP contribution is 2.24. The molecule has 2 aromatic carbocycles. The van der Waals surface area contributed by atoms with E-state index in [9.17, 15) is 0 Å². The van der Waals surface area contributed by atoms with Crippen LogP contribution in [0, 0.1) is 0 Å². The van der Waals surface area contributed by atoms with E-state index in [0.717, 1.165) is 17.9 Å². The summed E-state index contributed by atoms with van der Waals surface area (Å²) in [5.74, 6) is 1.70. The Labute approximate surface area is 115 Å². The number of para-hydroxylation sites is 1. The van der Waals surface area contributed by atoms with E-state index in [1.807, 2.05) is 42.5 Å². The van der Waals surface area contributed by atoms with Crippen LogP contribution in [-0.2, 0) is 0 Å². The third-order valence-corrected chi connectivity index (χ3v) is 3.16. The third kappa shape index (κ3) is 4.11. The predicted molar refractivity (Wildman–Crippen MR) is 79.4 cm³/mol. The summed E-state index contributed by atoms with van der Waals surface area (Å²) in [4.78, 5) is 0. The largest absolute Gasteiger partial charge is 0.457 e. The summed E-state index contributed by atoms with van der Waals surface area (Å²) in [6.45, 7) is 2.18. The van der Waals surface area contributed by atoms with E-state index in [2.05, 4.69) is 19.1 Å². The van der Waals surface area contributed by atoms with Crippen molar-refractivity contribution < 1.29 is 4.74 Å². The van der Waals surface area contributed by atoms with Gasteiger partial charge in [0.15, 0.2) is 0 Å². The van der Waals surface area contributed by atoms with Gasteiger partial charge in [-0.3, -0.25) is 0 Å². The van der Waals surface area contributed by atoms with Gasteiger partial charge in [-0.2, -0.15) is 0 Å². The van der Waals surface area contributed by atoms with Crippen LogP contribution in [0.5, 0.6) is 11.5 Å². The van der Waals surface area contributed by atoms with Crippen molar-refractivity contribution in [2.45, 2.75) is 32.2 Å². The molecule has 0 aliphatic carbocycles. The zero-order valence-corrected chi connectivity index (χ0v) is 11.4. The molecule has 2 rings (SSSR count). The van der Waals surface area contributed by atoms with Gasteiger partial charge in [0.1, 0.15) is 11.5 Å². The normalized spacial score (nSPS) is 12.1. The summed E-state index contributed by atoms with van der Waals surface area (Å²) in [6, 6.07) is 18.0. The van der Waals surface area contributed by atoms with Crippen LogP contribution in [0.3, 0.4) is 0 Å². The van der Waals surface area contributed by atoms with E-state index in [0.29, 0.717) is 0 Å². The van der Waals surface area contributed by atoms with Gasteiger partial charge >= 0.3 is 0 Å². The Morgan fingerprint density at radius 1 is 0.947 bits per heavy atom. The van der Waals surface area contributed by atoms with Gasteiger partial charge in [0.25, 0.3) is 0 Å². The Morgan fingerprint density at radius 2 is 1.58 bits per heavy atom. The first kappa shape index (κ1) is 13.6. The molecule has 2 nitrogen and oxygen atoms in total. The third-order valence-electron chi connectivity index (χ3n) is 3.16. The fourth-order valence-corrected chi connectivity index (χ4v) is 2.00. The molecule has 2 N–H and O–H groups in total. The van der Waals surface area contributed by atoms with Crippen molar-refractivity contribution in [3.05, 3.63) is 60.2 Å².